The van der Waals surface area contributed by atoms with E-state index in [1.807, 2.05) is 18.2 Å². The molecule has 3 rings (SSSR count). The summed E-state index contributed by atoms with van der Waals surface area (Å²) in [6.45, 7) is 2.50. The van der Waals surface area contributed by atoms with Crippen LogP contribution in [0.5, 0.6) is 5.75 Å². The first-order chi connectivity index (χ1) is 9.63. The number of carbonyl (C=O) groups excluding carboxylic acids is 1. The number of hydrogen-bond acceptors (Lipinski definition) is 3. The Balaban J connectivity index is 1.73. The van der Waals surface area contributed by atoms with Crippen LogP contribution in [-0.2, 0) is 11.2 Å². The summed E-state index contributed by atoms with van der Waals surface area (Å²) in [7, 11) is 2.20. The third kappa shape index (κ3) is 2.85. The summed E-state index contributed by atoms with van der Waals surface area (Å²) in [5.74, 6) is 0.302. The summed E-state index contributed by atoms with van der Waals surface area (Å²) in [4.78, 5) is 16.7. The molecule has 0 radical (unpaired) electrons. The first-order valence-electron chi connectivity index (χ1n) is 7.12. The maximum Gasteiger partial charge on any atom is 0.308 e. The molecule has 0 aliphatic heterocycles. The van der Waals surface area contributed by atoms with Crippen molar-refractivity contribution in [2.75, 3.05) is 13.6 Å². The van der Waals surface area contributed by atoms with Crippen molar-refractivity contribution in [3.8, 4) is 5.75 Å². The minimum Gasteiger partial charge on any atom is -0.427 e. The van der Waals surface area contributed by atoms with Crippen LogP contribution < -0.4 is 4.74 Å². The van der Waals surface area contributed by atoms with Crippen LogP contribution in [0.4, 0.5) is 0 Å². The van der Waals surface area contributed by atoms with Crippen molar-refractivity contribution in [1.29, 1.82) is 0 Å². The molecule has 4 heteroatoms. The predicted octanol–water partition coefficient (Wildman–Crippen LogP) is 2.73. The molecule has 20 heavy (non-hydrogen) atoms. The van der Waals surface area contributed by atoms with Crippen LogP contribution in [0.15, 0.2) is 24.4 Å². The van der Waals surface area contributed by atoms with Crippen LogP contribution in [0.2, 0.25) is 0 Å². The molecular formula is C16H20N2O2. The highest BCUT2D eigenvalue weighted by molar-refractivity contribution is 5.85. The first kappa shape index (κ1) is 13.2. The summed E-state index contributed by atoms with van der Waals surface area (Å²) < 4.78 is 5.10. The zero-order valence-electron chi connectivity index (χ0n) is 12.0. The zero-order chi connectivity index (χ0) is 14.1. The average molecular weight is 272 g/mol. The van der Waals surface area contributed by atoms with Gasteiger partial charge in [0, 0.05) is 42.7 Å². The fraction of sp³-hybridized carbons (Fsp3) is 0.438. The van der Waals surface area contributed by atoms with Crippen molar-refractivity contribution in [3.05, 3.63) is 30.0 Å². The molecule has 4 nitrogen and oxygen atoms in total. The second-order valence-corrected chi connectivity index (χ2v) is 5.58. The Kier molecular flexibility index (Phi) is 3.49. The van der Waals surface area contributed by atoms with Crippen molar-refractivity contribution < 1.29 is 9.53 Å². The molecule has 1 N–H and O–H groups in total. The minimum atomic E-state index is -0.290. The molecule has 1 aliphatic carbocycles. The molecule has 1 aromatic carbocycles. The van der Waals surface area contributed by atoms with E-state index in [0.29, 0.717) is 5.75 Å². The highest BCUT2D eigenvalue weighted by Crippen LogP contribution is 2.27. The second-order valence-electron chi connectivity index (χ2n) is 5.58. The van der Waals surface area contributed by atoms with E-state index in [0.717, 1.165) is 24.5 Å². The topological polar surface area (TPSA) is 45.3 Å². The highest BCUT2D eigenvalue weighted by Gasteiger charge is 2.25. The monoisotopic (exact) mass is 272 g/mol. The molecule has 1 aromatic heterocycles. The number of esters is 1. The van der Waals surface area contributed by atoms with Crippen LogP contribution in [0, 0.1) is 0 Å². The molecular weight excluding hydrogens is 252 g/mol. The third-order valence-electron chi connectivity index (χ3n) is 3.90. The Morgan fingerprint density at radius 3 is 2.95 bits per heavy atom. The fourth-order valence-electron chi connectivity index (χ4n) is 2.60. The van der Waals surface area contributed by atoms with Gasteiger partial charge in [-0.3, -0.25) is 4.79 Å². The molecule has 1 heterocycles. The lowest BCUT2D eigenvalue weighted by molar-refractivity contribution is -0.131. The minimum absolute atomic E-state index is 0.290. The number of nitrogens with one attached hydrogen (secondary N) is 1. The smallest absolute Gasteiger partial charge is 0.308 e. The molecule has 1 saturated carbocycles. The van der Waals surface area contributed by atoms with Crippen LogP contribution in [0.3, 0.4) is 0 Å². The highest BCUT2D eigenvalue weighted by atomic mass is 16.5. The van der Waals surface area contributed by atoms with Crippen LogP contribution in [0.25, 0.3) is 10.9 Å². The first-order valence-corrected chi connectivity index (χ1v) is 7.12. The Hall–Kier alpha value is -1.81. The number of benzene rings is 1. The van der Waals surface area contributed by atoms with Gasteiger partial charge in [0.25, 0.3) is 0 Å². The zero-order valence-corrected chi connectivity index (χ0v) is 12.0. The van der Waals surface area contributed by atoms with Gasteiger partial charge in [-0.25, -0.2) is 0 Å². The van der Waals surface area contributed by atoms with Crippen molar-refractivity contribution in [3.63, 3.8) is 0 Å². The van der Waals surface area contributed by atoms with Crippen molar-refractivity contribution in [2.24, 2.45) is 0 Å². The lowest BCUT2D eigenvalue weighted by Gasteiger charge is -2.14. The van der Waals surface area contributed by atoms with Gasteiger partial charge in [0.2, 0.25) is 0 Å². The van der Waals surface area contributed by atoms with E-state index < -0.39 is 0 Å². The molecule has 0 unspecified atom stereocenters. The number of aromatic amines is 1. The normalized spacial score (nSPS) is 14.9. The number of H-pyrrole nitrogens is 1. The Bertz CT molecular complexity index is 628. The van der Waals surface area contributed by atoms with E-state index in [9.17, 15) is 4.79 Å². The number of likely N-dealkylation sites (N-methyl/N-ethyl adjacent to an activating group) is 1. The molecule has 0 atom stereocenters. The van der Waals surface area contributed by atoms with Gasteiger partial charge >= 0.3 is 5.97 Å². The van der Waals surface area contributed by atoms with E-state index in [-0.39, 0.29) is 5.97 Å². The van der Waals surface area contributed by atoms with Gasteiger partial charge in [-0.2, -0.15) is 0 Å². The van der Waals surface area contributed by atoms with E-state index in [1.165, 1.54) is 30.7 Å². The number of carbonyl (C=O) groups is 1. The summed E-state index contributed by atoms with van der Waals surface area (Å²) >= 11 is 0. The SMILES string of the molecule is CC(=O)Oc1ccc2c(CCN(C)C3CC3)c[nH]c2c1. The van der Waals surface area contributed by atoms with Crippen molar-refractivity contribution in [1.82, 2.24) is 9.88 Å². The van der Waals surface area contributed by atoms with Crippen LogP contribution in [0.1, 0.15) is 25.3 Å². The molecule has 0 saturated heterocycles. The summed E-state index contributed by atoms with van der Waals surface area (Å²) in [5.41, 5.74) is 2.34. The Morgan fingerprint density at radius 1 is 1.45 bits per heavy atom. The molecule has 0 amide bonds. The van der Waals surface area contributed by atoms with Gasteiger partial charge in [-0.1, -0.05) is 0 Å². The van der Waals surface area contributed by atoms with Gasteiger partial charge in [-0.05, 0) is 44.0 Å². The van der Waals surface area contributed by atoms with E-state index in [2.05, 4.69) is 23.1 Å². The third-order valence-corrected chi connectivity index (χ3v) is 3.90. The maximum atomic E-state index is 11.0. The lowest BCUT2D eigenvalue weighted by Crippen LogP contribution is -2.23. The molecule has 106 valence electrons. The van der Waals surface area contributed by atoms with Gasteiger partial charge in [0.1, 0.15) is 5.75 Å². The number of rotatable bonds is 5. The molecule has 1 fully saturated rings. The number of nitrogens with zero attached hydrogens (tertiary/aromatic N) is 1. The lowest BCUT2D eigenvalue weighted by atomic mass is 10.1. The summed E-state index contributed by atoms with van der Waals surface area (Å²) in [6.07, 6.45) is 5.79. The fourth-order valence-corrected chi connectivity index (χ4v) is 2.60. The molecule has 2 aromatic rings. The number of fused-ring (bicyclic) bond motifs is 1. The van der Waals surface area contributed by atoms with Gasteiger partial charge in [0.05, 0.1) is 0 Å². The van der Waals surface area contributed by atoms with E-state index >= 15 is 0 Å². The molecule has 1 aliphatic rings. The predicted molar refractivity (Wildman–Crippen MR) is 79.0 cm³/mol. The number of hydrogen-bond donors (Lipinski definition) is 1. The largest absolute Gasteiger partial charge is 0.427 e. The van der Waals surface area contributed by atoms with Gasteiger partial charge < -0.3 is 14.6 Å². The molecule has 0 spiro atoms. The van der Waals surface area contributed by atoms with E-state index in [4.69, 9.17) is 4.74 Å². The van der Waals surface area contributed by atoms with Gasteiger partial charge in [-0.15, -0.1) is 0 Å². The quantitative estimate of drug-likeness (QED) is 0.672. The standard InChI is InChI=1S/C16H20N2O2/c1-11(19)20-14-5-6-15-12(10-17-16(15)9-14)7-8-18(2)13-3-4-13/h5-6,9-10,13,17H,3-4,7-8H2,1-2H3. The van der Waals surface area contributed by atoms with Crippen LogP contribution >= 0.6 is 0 Å². The van der Waals surface area contributed by atoms with Gasteiger partial charge in [0.15, 0.2) is 0 Å². The number of ether oxygens (including phenoxy) is 1. The van der Waals surface area contributed by atoms with Crippen molar-refractivity contribution >= 4 is 16.9 Å². The van der Waals surface area contributed by atoms with E-state index in [1.54, 1.807) is 0 Å². The van der Waals surface area contributed by atoms with Crippen molar-refractivity contribution in [2.45, 2.75) is 32.2 Å². The number of aromatic nitrogens is 1. The average Bonchev–Trinajstić information content (AvgIpc) is 3.17. The van der Waals surface area contributed by atoms with Crippen LogP contribution in [-0.4, -0.2) is 35.5 Å². The Labute approximate surface area is 118 Å². The summed E-state index contributed by atoms with van der Waals surface area (Å²) in [5, 5.41) is 1.21. The summed E-state index contributed by atoms with van der Waals surface area (Å²) in [6, 6.07) is 6.56. The molecule has 0 bridgehead atoms. The Morgan fingerprint density at radius 2 is 2.25 bits per heavy atom. The maximum absolute atomic E-state index is 11.0. The second kappa shape index (κ2) is 5.29.